The summed E-state index contributed by atoms with van der Waals surface area (Å²) < 4.78 is 25.5. The Balaban J connectivity index is 2.69. The Hall–Kier alpha value is -1.07. The summed E-state index contributed by atoms with van der Waals surface area (Å²) >= 11 is 0. The standard InChI is InChI=1S/C13H22N2O2S/c1-11(2)14-9-10-18(16,17)15(4)13-7-5-12(3)6-8-13/h5-8,11,14H,9-10H2,1-4H3. The molecule has 0 bridgehead atoms. The number of anilines is 1. The van der Waals surface area contributed by atoms with Crippen molar-refractivity contribution in [2.24, 2.45) is 0 Å². The number of sulfonamides is 1. The van der Waals surface area contributed by atoms with Crippen LogP contribution in [0.5, 0.6) is 0 Å². The molecule has 0 atom stereocenters. The highest BCUT2D eigenvalue weighted by atomic mass is 32.2. The molecule has 0 saturated heterocycles. The molecule has 102 valence electrons. The minimum atomic E-state index is -3.25. The normalized spacial score (nSPS) is 11.8. The lowest BCUT2D eigenvalue weighted by atomic mass is 10.2. The second-order valence-corrected chi connectivity index (χ2v) is 6.85. The van der Waals surface area contributed by atoms with Crippen molar-refractivity contribution >= 4 is 15.7 Å². The minimum absolute atomic E-state index is 0.107. The van der Waals surface area contributed by atoms with Gasteiger partial charge in [-0.2, -0.15) is 0 Å². The van der Waals surface area contributed by atoms with Crippen LogP contribution >= 0.6 is 0 Å². The summed E-state index contributed by atoms with van der Waals surface area (Å²) in [5, 5.41) is 3.11. The van der Waals surface area contributed by atoms with E-state index >= 15 is 0 Å². The number of aryl methyl sites for hydroxylation is 1. The van der Waals surface area contributed by atoms with Gasteiger partial charge in [0.2, 0.25) is 10.0 Å². The first-order valence-corrected chi connectivity index (χ1v) is 7.70. The molecule has 0 unspecified atom stereocenters. The Morgan fingerprint density at radius 1 is 1.22 bits per heavy atom. The number of benzene rings is 1. The number of hydrogen-bond acceptors (Lipinski definition) is 3. The number of nitrogens with one attached hydrogen (secondary N) is 1. The van der Waals surface area contributed by atoms with Gasteiger partial charge in [0, 0.05) is 19.6 Å². The van der Waals surface area contributed by atoms with Crippen molar-refractivity contribution < 1.29 is 8.42 Å². The second-order valence-electron chi connectivity index (χ2n) is 4.73. The maximum absolute atomic E-state index is 12.1. The number of nitrogens with zero attached hydrogens (tertiary/aromatic N) is 1. The fourth-order valence-electron chi connectivity index (χ4n) is 1.53. The summed E-state index contributed by atoms with van der Waals surface area (Å²) in [6, 6.07) is 7.76. The summed E-state index contributed by atoms with van der Waals surface area (Å²) in [7, 11) is -1.66. The van der Waals surface area contributed by atoms with Crippen LogP contribution in [0.3, 0.4) is 0 Å². The third-order valence-corrected chi connectivity index (χ3v) is 4.49. The first kappa shape index (κ1) is 15.0. The van der Waals surface area contributed by atoms with Gasteiger partial charge in [0.25, 0.3) is 0 Å². The Labute approximate surface area is 110 Å². The maximum atomic E-state index is 12.1. The van der Waals surface area contributed by atoms with E-state index in [0.717, 1.165) is 5.56 Å². The molecule has 4 nitrogen and oxygen atoms in total. The Morgan fingerprint density at radius 3 is 2.28 bits per heavy atom. The van der Waals surface area contributed by atoms with Gasteiger partial charge >= 0.3 is 0 Å². The Bertz CT molecular complexity index is 466. The molecule has 0 fully saturated rings. The zero-order valence-electron chi connectivity index (χ0n) is 11.5. The lowest BCUT2D eigenvalue weighted by Crippen LogP contribution is -2.35. The van der Waals surface area contributed by atoms with Gasteiger partial charge in [-0.1, -0.05) is 31.5 Å². The van der Waals surface area contributed by atoms with Gasteiger partial charge in [0.1, 0.15) is 0 Å². The predicted octanol–water partition coefficient (Wildman–Crippen LogP) is 1.76. The van der Waals surface area contributed by atoms with Crippen LogP contribution in [0.2, 0.25) is 0 Å². The quantitative estimate of drug-likeness (QED) is 0.857. The van der Waals surface area contributed by atoms with Crippen molar-refractivity contribution in [3.63, 3.8) is 0 Å². The zero-order valence-corrected chi connectivity index (χ0v) is 12.3. The molecule has 0 aromatic heterocycles. The molecule has 1 aromatic rings. The van der Waals surface area contributed by atoms with Crippen molar-refractivity contribution in [3.05, 3.63) is 29.8 Å². The van der Waals surface area contributed by atoms with Crippen LogP contribution in [0.1, 0.15) is 19.4 Å². The lowest BCUT2D eigenvalue weighted by molar-refractivity contribution is 0.577. The zero-order chi connectivity index (χ0) is 13.8. The molecule has 5 heteroatoms. The van der Waals surface area contributed by atoms with Crippen LogP contribution in [-0.4, -0.2) is 33.8 Å². The molecule has 1 rings (SSSR count). The third-order valence-electron chi connectivity index (χ3n) is 2.73. The van der Waals surface area contributed by atoms with Crippen LogP contribution < -0.4 is 9.62 Å². The van der Waals surface area contributed by atoms with Crippen LogP contribution in [0.4, 0.5) is 5.69 Å². The highest BCUT2D eigenvalue weighted by molar-refractivity contribution is 7.92. The highest BCUT2D eigenvalue weighted by Crippen LogP contribution is 2.16. The summed E-state index contributed by atoms with van der Waals surface area (Å²) in [4.78, 5) is 0. The van der Waals surface area contributed by atoms with E-state index in [-0.39, 0.29) is 5.75 Å². The van der Waals surface area contributed by atoms with E-state index in [1.54, 1.807) is 7.05 Å². The molecule has 1 N–H and O–H groups in total. The van der Waals surface area contributed by atoms with E-state index in [2.05, 4.69) is 5.32 Å². The molecule has 0 amide bonds. The van der Waals surface area contributed by atoms with E-state index < -0.39 is 10.0 Å². The van der Waals surface area contributed by atoms with Gasteiger partial charge in [-0.05, 0) is 19.1 Å². The van der Waals surface area contributed by atoms with Crippen LogP contribution in [0.25, 0.3) is 0 Å². The van der Waals surface area contributed by atoms with Gasteiger partial charge < -0.3 is 5.32 Å². The van der Waals surface area contributed by atoms with Crippen LogP contribution in [0, 0.1) is 6.92 Å². The van der Waals surface area contributed by atoms with Gasteiger partial charge in [0.05, 0.1) is 11.4 Å². The lowest BCUT2D eigenvalue weighted by Gasteiger charge is -2.20. The Kier molecular flexibility index (Phi) is 5.16. The molecule has 0 aliphatic rings. The molecule has 0 aliphatic carbocycles. The van der Waals surface area contributed by atoms with Crippen molar-refractivity contribution in [3.8, 4) is 0 Å². The fourth-order valence-corrected chi connectivity index (χ4v) is 2.62. The first-order valence-electron chi connectivity index (χ1n) is 6.09. The molecular formula is C13H22N2O2S. The van der Waals surface area contributed by atoms with Gasteiger partial charge in [-0.15, -0.1) is 0 Å². The molecule has 18 heavy (non-hydrogen) atoms. The molecule has 0 spiro atoms. The molecule has 0 saturated carbocycles. The van der Waals surface area contributed by atoms with Crippen molar-refractivity contribution in [1.29, 1.82) is 0 Å². The van der Waals surface area contributed by atoms with Crippen LogP contribution in [-0.2, 0) is 10.0 Å². The van der Waals surface area contributed by atoms with E-state index in [0.29, 0.717) is 18.3 Å². The third kappa shape index (κ3) is 4.31. The van der Waals surface area contributed by atoms with Crippen molar-refractivity contribution in [2.45, 2.75) is 26.8 Å². The summed E-state index contributed by atoms with van der Waals surface area (Å²) in [6.07, 6.45) is 0. The average Bonchev–Trinajstić information content (AvgIpc) is 2.28. The van der Waals surface area contributed by atoms with Crippen LogP contribution in [0.15, 0.2) is 24.3 Å². The van der Waals surface area contributed by atoms with E-state index in [4.69, 9.17) is 0 Å². The summed E-state index contributed by atoms with van der Waals surface area (Å²) in [6.45, 7) is 6.44. The highest BCUT2D eigenvalue weighted by Gasteiger charge is 2.17. The van der Waals surface area contributed by atoms with Crippen molar-refractivity contribution in [1.82, 2.24) is 5.32 Å². The largest absolute Gasteiger partial charge is 0.313 e. The molecule has 0 aliphatic heterocycles. The number of rotatable bonds is 6. The maximum Gasteiger partial charge on any atom is 0.236 e. The van der Waals surface area contributed by atoms with E-state index in [1.807, 2.05) is 45.0 Å². The summed E-state index contributed by atoms with van der Waals surface area (Å²) in [5.41, 5.74) is 1.82. The minimum Gasteiger partial charge on any atom is -0.313 e. The van der Waals surface area contributed by atoms with E-state index in [9.17, 15) is 8.42 Å². The molecule has 0 radical (unpaired) electrons. The smallest absolute Gasteiger partial charge is 0.236 e. The topological polar surface area (TPSA) is 49.4 Å². The van der Waals surface area contributed by atoms with Gasteiger partial charge in [-0.25, -0.2) is 8.42 Å². The summed E-state index contributed by atoms with van der Waals surface area (Å²) in [5.74, 6) is 0.107. The van der Waals surface area contributed by atoms with E-state index in [1.165, 1.54) is 4.31 Å². The average molecular weight is 270 g/mol. The van der Waals surface area contributed by atoms with Crippen molar-refractivity contribution in [2.75, 3.05) is 23.7 Å². The van der Waals surface area contributed by atoms with Gasteiger partial charge in [0.15, 0.2) is 0 Å². The first-order chi connectivity index (χ1) is 8.33. The predicted molar refractivity (Wildman–Crippen MR) is 76.5 cm³/mol. The fraction of sp³-hybridized carbons (Fsp3) is 0.538. The monoisotopic (exact) mass is 270 g/mol. The Morgan fingerprint density at radius 2 is 1.78 bits per heavy atom. The number of hydrogen-bond donors (Lipinski definition) is 1. The molecule has 0 heterocycles. The molecule has 1 aromatic carbocycles. The molecular weight excluding hydrogens is 248 g/mol. The second kappa shape index (κ2) is 6.20. The van der Waals surface area contributed by atoms with Gasteiger partial charge in [-0.3, -0.25) is 4.31 Å². The SMILES string of the molecule is Cc1ccc(N(C)S(=O)(=O)CCNC(C)C)cc1.